The lowest BCUT2D eigenvalue weighted by atomic mass is 10.1. The molecule has 2 aromatic carbocycles. The van der Waals surface area contributed by atoms with Gasteiger partial charge in [-0.05, 0) is 48.2 Å². The van der Waals surface area contributed by atoms with E-state index in [0.29, 0.717) is 34.4 Å². The number of hydrogen-bond donors (Lipinski definition) is 0. The summed E-state index contributed by atoms with van der Waals surface area (Å²) in [7, 11) is -3.31. The lowest BCUT2D eigenvalue weighted by molar-refractivity contribution is 0.297. The zero-order valence-corrected chi connectivity index (χ0v) is 18.0. The summed E-state index contributed by atoms with van der Waals surface area (Å²) in [6.45, 7) is 0.438. The fourth-order valence-corrected chi connectivity index (χ4v) is 4.01. The van der Waals surface area contributed by atoms with Crippen LogP contribution in [0.25, 0.3) is 16.8 Å². The van der Waals surface area contributed by atoms with E-state index in [1.807, 2.05) is 0 Å². The van der Waals surface area contributed by atoms with Crippen LogP contribution in [0.5, 0.6) is 5.75 Å². The maximum atomic E-state index is 13.2. The molecule has 30 heavy (non-hydrogen) atoms. The lowest BCUT2D eigenvalue weighted by Gasteiger charge is -2.14. The number of hydrogen-bond acceptors (Lipinski definition) is 5. The first-order chi connectivity index (χ1) is 14.3. The molecule has 1 aliphatic carbocycles. The number of halogens is 1. The van der Waals surface area contributed by atoms with Gasteiger partial charge >= 0.3 is 5.56 Å². The van der Waals surface area contributed by atoms with Gasteiger partial charge in [0, 0.05) is 16.8 Å². The molecule has 6 nitrogen and oxygen atoms in total. The van der Waals surface area contributed by atoms with E-state index in [0.717, 1.165) is 12.7 Å². The third-order valence-electron chi connectivity index (χ3n) is 5.05. The third-order valence-corrected chi connectivity index (χ3v) is 6.41. The second-order valence-electron chi connectivity index (χ2n) is 7.46. The molecule has 4 rings (SSSR count). The van der Waals surface area contributed by atoms with Crippen LogP contribution in [0.1, 0.15) is 19.3 Å². The molecular weight excluding hydrogens is 424 g/mol. The molecule has 8 heteroatoms. The lowest BCUT2D eigenvalue weighted by Crippen LogP contribution is -2.24. The molecule has 0 atom stereocenters. The average Bonchev–Trinajstić information content (AvgIpc) is 3.53. The van der Waals surface area contributed by atoms with Gasteiger partial charge in [-0.25, -0.2) is 8.42 Å². The van der Waals surface area contributed by atoms with E-state index < -0.39 is 15.4 Å². The quantitative estimate of drug-likeness (QED) is 0.547. The first-order valence-electron chi connectivity index (χ1n) is 9.64. The van der Waals surface area contributed by atoms with Gasteiger partial charge < -0.3 is 4.74 Å². The van der Waals surface area contributed by atoms with Gasteiger partial charge in [-0.1, -0.05) is 42.6 Å². The molecule has 0 saturated heterocycles. The zero-order chi connectivity index (χ0) is 21.3. The molecule has 1 aliphatic rings. The first kappa shape index (κ1) is 20.6. The zero-order valence-electron chi connectivity index (χ0n) is 16.4. The molecule has 1 fully saturated rings. The molecule has 0 bridgehead atoms. The summed E-state index contributed by atoms with van der Waals surface area (Å²) in [4.78, 5) is 13.4. The Morgan fingerprint density at radius 3 is 2.53 bits per heavy atom. The molecule has 0 amide bonds. The largest absolute Gasteiger partial charge is 0.487 e. The van der Waals surface area contributed by atoms with Crippen molar-refractivity contribution >= 4 is 21.4 Å². The van der Waals surface area contributed by atoms with Crippen LogP contribution in [0, 0.1) is 5.92 Å². The normalized spacial score (nSPS) is 13.9. The summed E-state index contributed by atoms with van der Waals surface area (Å²) in [6, 6.07) is 13.2. The van der Waals surface area contributed by atoms with Crippen LogP contribution < -0.4 is 10.3 Å². The van der Waals surface area contributed by atoms with E-state index in [4.69, 9.17) is 16.3 Å². The van der Waals surface area contributed by atoms with Crippen LogP contribution in [0.3, 0.4) is 0 Å². The van der Waals surface area contributed by atoms with Crippen molar-refractivity contribution in [2.24, 2.45) is 5.92 Å². The van der Waals surface area contributed by atoms with Crippen molar-refractivity contribution in [3.8, 4) is 22.6 Å². The van der Waals surface area contributed by atoms with E-state index in [9.17, 15) is 13.2 Å². The van der Waals surface area contributed by atoms with Crippen LogP contribution >= 0.6 is 11.6 Å². The highest BCUT2D eigenvalue weighted by Crippen LogP contribution is 2.33. The van der Waals surface area contributed by atoms with Gasteiger partial charge in [0.25, 0.3) is 0 Å². The minimum absolute atomic E-state index is 0.192. The molecule has 0 radical (unpaired) electrons. The fourth-order valence-electron chi connectivity index (χ4n) is 3.19. The van der Waals surface area contributed by atoms with Crippen molar-refractivity contribution in [3.05, 3.63) is 70.1 Å². The Kier molecular flexibility index (Phi) is 5.66. The van der Waals surface area contributed by atoms with Crippen molar-refractivity contribution in [3.63, 3.8) is 0 Å². The maximum Gasteiger partial charge on any atom is 0.314 e. The SMILES string of the molecule is CS(=O)(=O)c1ccc(-c2cnn(-c3cccc(Cl)c3)c(=O)c2OCCC2CC2)cc1. The Morgan fingerprint density at radius 1 is 1.17 bits per heavy atom. The van der Waals surface area contributed by atoms with Crippen LogP contribution in [-0.2, 0) is 9.84 Å². The summed E-state index contributed by atoms with van der Waals surface area (Å²) in [5.41, 5.74) is 1.33. The van der Waals surface area contributed by atoms with Crippen LogP contribution in [-0.4, -0.2) is 31.1 Å². The number of sulfone groups is 1. The van der Waals surface area contributed by atoms with Crippen molar-refractivity contribution in [2.75, 3.05) is 12.9 Å². The average molecular weight is 445 g/mol. The van der Waals surface area contributed by atoms with Crippen molar-refractivity contribution < 1.29 is 13.2 Å². The minimum Gasteiger partial charge on any atom is -0.487 e. The highest BCUT2D eigenvalue weighted by molar-refractivity contribution is 7.90. The Labute approximate surface area is 180 Å². The van der Waals surface area contributed by atoms with E-state index in [-0.39, 0.29) is 10.6 Å². The number of rotatable bonds is 7. The Bertz CT molecular complexity index is 1230. The second-order valence-corrected chi connectivity index (χ2v) is 9.91. The topological polar surface area (TPSA) is 78.3 Å². The van der Waals surface area contributed by atoms with Crippen LogP contribution in [0.2, 0.25) is 5.02 Å². The smallest absolute Gasteiger partial charge is 0.314 e. The fraction of sp³-hybridized carbons (Fsp3) is 0.273. The van der Waals surface area contributed by atoms with Gasteiger partial charge in [-0.15, -0.1) is 0 Å². The minimum atomic E-state index is -3.31. The summed E-state index contributed by atoms with van der Waals surface area (Å²) in [5.74, 6) is 0.859. The van der Waals surface area contributed by atoms with Gasteiger partial charge in [0.1, 0.15) is 0 Å². The van der Waals surface area contributed by atoms with Gasteiger partial charge in [-0.2, -0.15) is 9.78 Å². The van der Waals surface area contributed by atoms with Gasteiger partial charge in [0.2, 0.25) is 0 Å². The third kappa shape index (κ3) is 4.57. The maximum absolute atomic E-state index is 13.2. The Balaban J connectivity index is 1.76. The van der Waals surface area contributed by atoms with Crippen LogP contribution in [0.15, 0.2) is 64.4 Å². The van der Waals surface area contributed by atoms with Crippen molar-refractivity contribution in [1.82, 2.24) is 9.78 Å². The van der Waals surface area contributed by atoms with E-state index in [1.54, 1.807) is 42.6 Å². The molecule has 0 unspecified atom stereocenters. The van der Waals surface area contributed by atoms with E-state index in [2.05, 4.69) is 5.10 Å². The van der Waals surface area contributed by atoms with Crippen molar-refractivity contribution in [2.45, 2.75) is 24.2 Å². The molecule has 3 aromatic rings. The molecule has 0 aliphatic heterocycles. The van der Waals surface area contributed by atoms with E-state index >= 15 is 0 Å². The highest BCUT2D eigenvalue weighted by Gasteiger charge is 2.22. The molecule has 1 saturated carbocycles. The van der Waals surface area contributed by atoms with E-state index in [1.165, 1.54) is 29.7 Å². The molecule has 156 valence electrons. The molecule has 1 heterocycles. The Morgan fingerprint density at radius 2 is 1.90 bits per heavy atom. The predicted octanol–water partition coefficient (Wildman–Crippen LogP) is 4.14. The van der Waals surface area contributed by atoms with Gasteiger partial charge in [0.15, 0.2) is 15.6 Å². The summed E-state index contributed by atoms with van der Waals surface area (Å²) >= 11 is 6.07. The molecule has 1 aromatic heterocycles. The van der Waals surface area contributed by atoms with Gasteiger partial charge in [-0.3, -0.25) is 4.79 Å². The van der Waals surface area contributed by atoms with Crippen molar-refractivity contribution in [1.29, 1.82) is 0 Å². The Hall–Kier alpha value is -2.64. The highest BCUT2D eigenvalue weighted by atomic mass is 35.5. The predicted molar refractivity (Wildman–Crippen MR) is 116 cm³/mol. The summed E-state index contributed by atoms with van der Waals surface area (Å²) < 4.78 is 30.7. The first-order valence-corrected chi connectivity index (χ1v) is 11.9. The molecule has 0 spiro atoms. The standard InChI is InChI=1S/C22H21ClN2O4S/c1-30(27,28)19-9-7-16(8-10-19)20-14-24-25(18-4-2-3-17(23)13-18)22(26)21(20)29-12-11-15-5-6-15/h2-4,7-10,13-15H,5-6,11-12H2,1H3. The monoisotopic (exact) mass is 444 g/mol. The van der Waals surface area contributed by atoms with Gasteiger partial charge in [0.05, 0.1) is 23.4 Å². The number of nitrogens with zero attached hydrogens (tertiary/aromatic N) is 2. The summed E-state index contributed by atoms with van der Waals surface area (Å²) in [5, 5.41) is 4.80. The molecule has 0 N–H and O–H groups in total. The number of benzene rings is 2. The number of ether oxygens (including phenoxy) is 1. The second kappa shape index (κ2) is 8.24. The number of aromatic nitrogens is 2. The molecular formula is C22H21ClN2O4S. The van der Waals surface area contributed by atoms with Crippen LogP contribution in [0.4, 0.5) is 0 Å². The summed E-state index contributed by atoms with van der Waals surface area (Å²) in [6.07, 6.45) is 6.01.